The Balaban J connectivity index is 2.89. The van der Waals surface area contributed by atoms with Gasteiger partial charge in [-0.15, -0.1) is 0 Å². The molecule has 0 radical (unpaired) electrons. The summed E-state index contributed by atoms with van der Waals surface area (Å²) in [7, 11) is 2.08. The third-order valence-corrected chi connectivity index (χ3v) is 2.37. The standard InChI is InChI=1S/C12H17N/c1-5-11(3)13(4)12-8-6-10(2)7-9-12/h5-9H,1-4H3/b11-5-. The summed E-state index contributed by atoms with van der Waals surface area (Å²) < 4.78 is 0. The second kappa shape index (κ2) is 4.13. The fourth-order valence-electron chi connectivity index (χ4n) is 1.17. The second-order valence-corrected chi connectivity index (χ2v) is 3.32. The average molecular weight is 175 g/mol. The maximum absolute atomic E-state index is 2.18. The highest BCUT2D eigenvalue weighted by molar-refractivity contribution is 5.51. The summed E-state index contributed by atoms with van der Waals surface area (Å²) in [6, 6.07) is 8.55. The van der Waals surface area contributed by atoms with Crippen molar-refractivity contribution in [3.63, 3.8) is 0 Å². The van der Waals surface area contributed by atoms with E-state index in [-0.39, 0.29) is 0 Å². The first-order chi connectivity index (χ1) is 6.15. The Morgan fingerprint density at radius 2 is 1.77 bits per heavy atom. The van der Waals surface area contributed by atoms with Gasteiger partial charge in [-0.05, 0) is 32.9 Å². The number of nitrogens with zero attached hydrogens (tertiary/aromatic N) is 1. The molecule has 1 nitrogen and oxygen atoms in total. The van der Waals surface area contributed by atoms with Crippen molar-refractivity contribution in [1.29, 1.82) is 0 Å². The van der Waals surface area contributed by atoms with E-state index in [4.69, 9.17) is 0 Å². The second-order valence-electron chi connectivity index (χ2n) is 3.32. The molecule has 0 amide bonds. The lowest BCUT2D eigenvalue weighted by Crippen LogP contribution is -2.13. The minimum atomic E-state index is 1.24. The Labute approximate surface area is 80.7 Å². The molecular formula is C12H17N. The van der Waals surface area contributed by atoms with Crippen molar-refractivity contribution in [2.24, 2.45) is 0 Å². The highest BCUT2D eigenvalue weighted by Crippen LogP contribution is 2.17. The maximum atomic E-state index is 2.18. The molecule has 70 valence electrons. The maximum Gasteiger partial charge on any atom is 0.0405 e. The summed E-state index contributed by atoms with van der Waals surface area (Å²) in [6.07, 6.45) is 2.11. The molecule has 0 aliphatic carbocycles. The van der Waals surface area contributed by atoms with Crippen molar-refractivity contribution in [2.75, 3.05) is 11.9 Å². The number of rotatable bonds is 2. The van der Waals surface area contributed by atoms with Crippen LogP contribution in [-0.4, -0.2) is 7.05 Å². The SMILES string of the molecule is C/C=C(/C)N(C)c1ccc(C)cc1. The lowest BCUT2D eigenvalue weighted by Gasteiger charge is -2.19. The molecular weight excluding hydrogens is 158 g/mol. The third kappa shape index (κ3) is 2.35. The summed E-state index contributed by atoms with van der Waals surface area (Å²) in [6.45, 7) is 6.27. The Morgan fingerprint density at radius 3 is 2.23 bits per heavy atom. The molecule has 1 aromatic rings. The molecule has 0 heterocycles. The van der Waals surface area contributed by atoms with Gasteiger partial charge in [0.05, 0.1) is 0 Å². The van der Waals surface area contributed by atoms with Crippen LogP contribution in [-0.2, 0) is 0 Å². The molecule has 0 aromatic heterocycles. The summed E-state index contributed by atoms with van der Waals surface area (Å²) in [5.41, 5.74) is 3.81. The van der Waals surface area contributed by atoms with Gasteiger partial charge in [-0.25, -0.2) is 0 Å². The van der Waals surface area contributed by atoms with Crippen LogP contribution >= 0.6 is 0 Å². The molecule has 0 atom stereocenters. The first-order valence-corrected chi connectivity index (χ1v) is 4.58. The molecule has 0 saturated carbocycles. The molecule has 0 saturated heterocycles. The number of hydrogen-bond acceptors (Lipinski definition) is 1. The van der Waals surface area contributed by atoms with Gasteiger partial charge in [0.25, 0.3) is 0 Å². The normalized spacial score (nSPS) is 11.5. The molecule has 13 heavy (non-hydrogen) atoms. The number of allylic oxidation sites excluding steroid dienone is 2. The lowest BCUT2D eigenvalue weighted by atomic mass is 10.2. The van der Waals surface area contributed by atoms with Crippen LogP contribution in [0, 0.1) is 6.92 Å². The van der Waals surface area contributed by atoms with E-state index in [1.54, 1.807) is 0 Å². The van der Waals surface area contributed by atoms with E-state index in [0.29, 0.717) is 0 Å². The van der Waals surface area contributed by atoms with Crippen LogP contribution in [0.15, 0.2) is 36.0 Å². The number of anilines is 1. The van der Waals surface area contributed by atoms with Crippen molar-refractivity contribution in [2.45, 2.75) is 20.8 Å². The van der Waals surface area contributed by atoms with Gasteiger partial charge in [0.15, 0.2) is 0 Å². The molecule has 1 aromatic carbocycles. The first kappa shape index (κ1) is 9.85. The van der Waals surface area contributed by atoms with Crippen LogP contribution in [0.2, 0.25) is 0 Å². The van der Waals surface area contributed by atoms with Gasteiger partial charge in [-0.3, -0.25) is 0 Å². The lowest BCUT2D eigenvalue weighted by molar-refractivity contribution is 1.08. The fraction of sp³-hybridized carbons (Fsp3) is 0.333. The van der Waals surface area contributed by atoms with Gasteiger partial charge >= 0.3 is 0 Å². The number of hydrogen-bond donors (Lipinski definition) is 0. The van der Waals surface area contributed by atoms with E-state index in [2.05, 4.69) is 63.1 Å². The largest absolute Gasteiger partial charge is 0.349 e. The van der Waals surface area contributed by atoms with E-state index in [1.165, 1.54) is 16.9 Å². The van der Waals surface area contributed by atoms with Crippen molar-refractivity contribution in [3.8, 4) is 0 Å². The third-order valence-electron chi connectivity index (χ3n) is 2.37. The minimum Gasteiger partial charge on any atom is -0.349 e. The highest BCUT2D eigenvalue weighted by Gasteiger charge is 1.99. The highest BCUT2D eigenvalue weighted by atomic mass is 15.1. The molecule has 0 aliphatic heterocycles. The van der Waals surface area contributed by atoms with E-state index in [9.17, 15) is 0 Å². The minimum absolute atomic E-state index is 1.24. The first-order valence-electron chi connectivity index (χ1n) is 4.58. The van der Waals surface area contributed by atoms with Gasteiger partial charge in [0.1, 0.15) is 0 Å². The van der Waals surface area contributed by atoms with E-state index in [0.717, 1.165) is 0 Å². The Bertz CT molecular complexity index is 295. The zero-order valence-electron chi connectivity index (χ0n) is 8.83. The Kier molecular flexibility index (Phi) is 3.13. The smallest absolute Gasteiger partial charge is 0.0405 e. The summed E-state index contributed by atoms with van der Waals surface area (Å²) >= 11 is 0. The van der Waals surface area contributed by atoms with Gasteiger partial charge in [0.2, 0.25) is 0 Å². The predicted molar refractivity (Wildman–Crippen MR) is 59.0 cm³/mol. The summed E-state index contributed by atoms with van der Waals surface area (Å²) in [5, 5.41) is 0. The van der Waals surface area contributed by atoms with Crippen LogP contribution in [0.1, 0.15) is 19.4 Å². The number of benzene rings is 1. The fourth-order valence-corrected chi connectivity index (χ4v) is 1.17. The van der Waals surface area contributed by atoms with E-state index in [1.807, 2.05) is 0 Å². The topological polar surface area (TPSA) is 3.24 Å². The van der Waals surface area contributed by atoms with Crippen molar-refractivity contribution in [1.82, 2.24) is 0 Å². The van der Waals surface area contributed by atoms with Crippen LogP contribution in [0.3, 0.4) is 0 Å². The predicted octanol–water partition coefficient (Wildman–Crippen LogP) is 3.35. The average Bonchev–Trinajstić information content (AvgIpc) is 2.17. The molecule has 0 spiro atoms. The van der Waals surface area contributed by atoms with Crippen LogP contribution in [0.5, 0.6) is 0 Å². The Morgan fingerprint density at radius 1 is 1.23 bits per heavy atom. The molecule has 1 heteroatoms. The quantitative estimate of drug-likeness (QED) is 0.666. The molecule has 0 unspecified atom stereocenters. The number of aryl methyl sites for hydroxylation is 1. The molecule has 0 fully saturated rings. The summed E-state index contributed by atoms with van der Waals surface area (Å²) in [4.78, 5) is 2.18. The van der Waals surface area contributed by atoms with E-state index >= 15 is 0 Å². The molecule has 0 bridgehead atoms. The zero-order valence-corrected chi connectivity index (χ0v) is 8.83. The van der Waals surface area contributed by atoms with E-state index < -0.39 is 0 Å². The molecule has 1 rings (SSSR count). The van der Waals surface area contributed by atoms with Crippen molar-refractivity contribution < 1.29 is 0 Å². The van der Waals surface area contributed by atoms with Gasteiger partial charge < -0.3 is 4.90 Å². The van der Waals surface area contributed by atoms with Gasteiger partial charge in [0, 0.05) is 18.4 Å². The molecule has 0 aliphatic rings. The van der Waals surface area contributed by atoms with Gasteiger partial charge in [-0.1, -0.05) is 23.8 Å². The monoisotopic (exact) mass is 175 g/mol. The van der Waals surface area contributed by atoms with Crippen molar-refractivity contribution in [3.05, 3.63) is 41.6 Å². The van der Waals surface area contributed by atoms with Crippen LogP contribution in [0.25, 0.3) is 0 Å². The zero-order chi connectivity index (χ0) is 9.84. The Hall–Kier alpha value is -1.24. The molecule has 0 N–H and O–H groups in total. The van der Waals surface area contributed by atoms with Crippen molar-refractivity contribution >= 4 is 5.69 Å². The summed E-state index contributed by atoms with van der Waals surface area (Å²) in [5.74, 6) is 0. The van der Waals surface area contributed by atoms with Gasteiger partial charge in [-0.2, -0.15) is 0 Å². The van der Waals surface area contributed by atoms with Crippen LogP contribution in [0.4, 0.5) is 5.69 Å². The van der Waals surface area contributed by atoms with Crippen LogP contribution < -0.4 is 4.90 Å².